The number of carbonyl (C=O) groups is 1. The van der Waals surface area contributed by atoms with Crippen LogP contribution in [0.25, 0.3) is 5.57 Å². The molecule has 1 saturated heterocycles. The lowest BCUT2D eigenvalue weighted by atomic mass is 9.87. The lowest BCUT2D eigenvalue weighted by Gasteiger charge is -2.28. The van der Waals surface area contributed by atoms with Gasteiger partial charge >= 0.3 is 0 Å². The van der Waals surface area contributed by atoms with Gasteiger partial charge in [0, 0.05) is 71.8 Å². The summed E-state index contributed by atoms with van der Waals surface area (Å²) in [7, 11) is -1.44. The minimum Gasteiger partial charge on any atom is -0.381 e. The third-order valence-corrected chi connectivity index (χ3v) is 8.09. The largest absolute Gasteiger partial charge is 0.381 e. The van der Waals surface area contributed by atoms with Crippen molar-refractivity contribution < 1.29 is 13.7 Å². The number of nitrogens with one attached hydrogen (secondary N) is 3. The Morgan fingerprint density at radius 1 is 1.08 bits per heavy atom. The first-order valence-corrected chi connectivity index (χ1v) is 14.1. The zero-order chi connectivity index (χ0) is 26.7. The predicted octanol–water partition coefficient (Wildman–Crippen LogP) is 5.04. The Morgan fingerprint density at radius 3 is 2.53 bits per heavy atom. The van der Waals surface area contributed by atoms with Crippen molar-refractivity contribution in [1.82, 2.24) is 10.3 Å². The fourth-order valence-electron chi connectivity index (χ4n) is 4.80. The summed E-state index contributed by atoms with van der Waals surface area (Å²) in [5.74, 6) is -0.0882. The number of anilines is 2. The smallest absolute Gasteiger partial charge is 0.249 e. The number of carbonyl (C=O) groups excluding carboxylic acids is 1. The molecular weight excluding hydrogens is 496 g/mol. The number of benzene rings is 2. The summed E-state index contributed by atoms with van der Waals surface area (Å²) in [6.45, 7) is 8.19. The number of pyridine rings is 1. The normalized spacial score (nSPS) is 16.8. The summed E-state index contributed by atoms with van der Waals surface area (Å²) in [5.41, 5.74) is 6.07. The molecule has 0 spiro atoms. The van der Waals surface area contributed by atoms with Crippen molar-refractivity contribution in [1.29, 1.82) is 0 Å². The average Bonchev–Trinajstić information content (AvgIpc) is 2.93. The molecule has 7 nitrogen and oxygen atoms in total. The second-order valence-corrected chi connectivity index (χ2v) is 11.9. The molecule has 3 heterocycles. The van der Waals surface area contributed by atoms with Crippen molar-refractivity contribution in [2.75, 3.05) is 29.8 Å². The van der Waals surface area contributed by atoms with Crippen molar-refractivity contribution in [2.24, 2.45) is 0 Å². The Bertz CT molecular complexity index is 1360. The highest BCUT2D eigenvalue weighted by Gasteiger charge is 2.27. The van der Waals surface area contributed by atoms with Gasteiger partial charge in [-0.25, -0.2) is 4.21 Å². The van der Waals surface area contributed by atoms with E-state index in [1.54, 1.807) is 12.4 Å². The number of aromatic nitrogens is 1. The lowest BCUT2D eigenvalue weighted by molar-refractivity contribution is -0.118. The standard InChI is InChI=1S/C30H34N4O3S/c1-30(2,3)21-6-9-24(10-7-21)38(36)34-23-8-11-27-25(17-23)28(20-5-4-14-31-18-20)26(19-32-27)29(35)33-22-12-15-37-16-13-22/h4-11,14,17-18,22,32,34H,12-13,15-16,19H2,1-3H3,(H,33,35). The minimum absolute atomic E-state index is 0.0305. The first-order valence-electron chi connectivity index (χ1n) is 13.0. The molecule has 0 radical (unpaired) electrons. The maximum absolute atomic E-state index is 13.5. The van der Waals surface area contributed by atoms with Crippen LogP contribution in [0, 0.1) is 0 Å². The van der Waals surface area contributed by atoms with E-state index in [1.165, 1.54) is 5.56 Å². The Kier molecular flexibility index (Phi) is 7.63. The maximum atomic E-state index is 13.5. The van der Waals surface area contributed by atoms with E-state index in [0.29, 0.717) is 35.9 Å². The molecule has 0 aliphatic carbocycles. The van der Waals surface area contributed by atoms with E-state index in [1.807, 2.05) is 54.6 Å². The monoisotopic (exact) mass is 530 g/mol. The number of ether oxygens (including phenoxy) is 1. The molecule has 5 rings (SSSR count). The molecule has 38 heavy (non-hydrogen) atoms. The number of amides is 1. The van der Waals surface area contributed by atoms with Crippen LogP contribution >= 0.6 is 0 Å². The second kappa shape index (κ2) is 11.1. The molecule has 3 N–H and O–H groups in total. The van der Waals surface area contributed by atoms with Crippen molar-refractivity contribution in [3.63, 3.8) is 0 Å². The first-order chi connectivity index (χ1) is 18.3. The highest BCUT2D eigenvalue weighted by Crippen LogP contribution is 2.37. The van der Waals surface area contributed by atoms with Gasteiger partial charge in [0.15, 0.2) is 0 Å². The highest BCUT2D eigenvalue weighted by atomic mass is 32.2. The van der Waals surface area contributed by atoms with Gasteiger partial charge in [-0.05, 0) is 60.2 Å². The molecular formula is C30H34N4O3S. The van der Waals surface area contributed by atoms with Gasteiger partial charge in [-0.3, -0.25) is 9.78 Å². The van der Waals surface area contributed by atoms with Crippen LogP contribution in [0.15, 0.2) is 77.5 Å². The van der Waals surface area contributed by atoms with Gasteiger partial charge in [0.2, 0.25) is 5.91 Å². The topological polar surface area (TPSA) is 92.4 Å². The molecule has 1 unspecified atom stereocenters. The Balaban J connectivity index is 1.45. The van der Waals surface area contributed by atoms with Gasteiger partial charge in [0.25, 0.3) is 0 Å². The summed E-state index contributed by atoms with van der Waals surface area (Å²) < 4.78 is 21.8. The summed E-state index contributed by atoms with van der Waals surface area (Å²) in [6, 6.07) is 17.6. The van der Waals surface area contributed by atoms with E-state index in [4.69, 9.17) is 4.74 Å². The van der Waals surface area contributed by atoms with E-state index >= 15 is 0 Å². The van der Waals surface area contributed by atoms with Gasteiger partial charge in [0.05, 0.1) is 4.90 Å². The molecule has 1 atom stereocenters. The summed E-state index contributed by atoms with van der Waals surface area (Å²) in [5, 5.41) is 6.60. The third-order valence-electron chi connectivity index (χ3n) is 6.97. The molecule has 198 valence electrons. The van der Waals surface area contributed by atoms with E-state index < -0.39 is 11.0 Å². The van der Waals surface area contributed by atoms with Crippen LogP contribution in [0.1, 0.15) is 50.3 Å². The highest BCUT2D eigenvalue weighted by molar-refractivity contribution is 7.86. The van der Waals surface area contributed by atoms with Crippen LogP contribution in [0.5, 0.6) is 0 Å². The van der Waals surface area contributed by atoms with Gasteiger partial charge in [0.1, 0.15) is 11.0 Å². The fourth-order valence-corrected chi connectivity index (χ4v) is 5.64. The fraction of sp³-hybridized carbons (Fsp3) is 0.333. The van der Waals surface area contributed by atoms with Crippen molar-refractivity contribution in [2.45, 2.75) is 50.0 Å². The molecule has 3 aromatic rings. The quantitative estimate of drug-likeness (QED) is 0.416. The number of nitrogens with zero attached hydrogens (tertiary/aromatic N) is 1. The van der Waals surface area contributed by atoms with Gasteiger partial charge in [-0.15, -0.1) is 0 Å². The molecule has 2 aliphatic heterocycles. The molecule has 1 amide bonds. The SMILES string of the molecule is CC(C)(C)c1ccc(S(=O)Nc2ccc3c(c2)C(c2cccnc2)=C(C(=O)NC2CCOCC2)CN3)cc1. The lowest BCUT2D eigenvalue weighted by Crippen LogP contribution is -2.41. The average molecular weight is 531 g/mol. The van der Waals surface area contributed by atoms with Gasteiger partial charge in [-0.2, -0.15) is 0 Å². The van der Waals surface area contributed by atoms with Gasteiger partial charge < -0.3 is 20.1 Å². The zero-order valence-electron chi connectivity index (χ0n) is 22.0. The number of fused-ring (bicyclic) bond motifs is 1. The van der Waals surface area contributed by atoms with Crippen molar-refractivity contribution >= 4 is 33.8 Å². The van der Waals surface area contributed by atoms with E-state index in [0.717, 1.165) is 35.2 Å². The maximum Gasteiger partial charge on any atom is 0.249 e. The summed E-state index contributed by atoms with van der Waals surface area (Å²) in [4.78, 5) is 18.5. The summed E-state index contributed by atoms with van der Waals surface area (Å²) in [6.07, 6.45) is 5.12. The summed E-state index contributed by atoms with van der Waals surface area (Å²) >= 11 is 0. The van der Waals surface area contributed by atoms with Crippen LogP contribution in [0.3, 0.4) is 0 Å². The zero-order valence-corrected chi connectivity index (χ0v) is 22.9. The van der Waals surface area contributed by atoms with Crippen molar-refractivity contribution in [3.8, 4) is 0 Å². The van der Waals surface area contributed by atoms with Crippen molar-refractivity contribution in [3.05, 3.63) is 89.3 Å². The number of hydrogen-bond donors (Lipinski definition) is 3. The van der Waals surface area contributed by atoms with Crippen LogP contribution in [-0.4, -0.2) is 40.9 Å². The molecule has 2 aromatic carbocycles. The minimum atomic E-state index is -1.44. The predicted molar refractivity (Wildman–Crippen MR) is 152 cm³/mol. The Hall–Kier alpha value is -3.49. The van der Waals surface area contributed by atoms with E-state index in [2.05, 4.69) is 41.1 Å². The Labute approximate surface area is 226 Å². The molecule has 1 fully saturated rings. The van der Waals surface area contributed by atoms with E-state index in [9.17, 15) is 9.00 Å². The third kappa shape index (κ3) is 5.81. The van der Waals surface area contributed by atoms with Crippen LogP contribution in [-0.2, 0) is 25.9 Å². The Morgan fingerprint density at radius 2 is 1.84 bits per heavy atom. The van der Waals surface area contributed by atoms with Crippen LogP contribution in [0.4, 0.5) is 11.4 Å². The molecule has 0 saturated carbocycles. The molecule has 1 aromatic heterocycles. The molecule has 0 bridgehead atoms. The molecule has 8 heteroatoms. The number of hydrogen-bond acceptors (Lipinski definition) is 5. The second-order valence-electron chi connectivity index (χ2n) is 10.7. The van der Waals surface area contributed by atoms with E-state index in [-0.39, 0.29) is 17.4 Å². The first kappa shape index (κ1) is 26.1. The number of rotatable bonds is 6. The molecule has 2 aliphatic rings. The van der Waals surface area contributed by atoms with Gasteiger partial charge in [-0.1, -0.05) is 39.0 Å². The van der Waals surface area contributed by atoms with Crippen LogP contribution in [0.2, 0.25) is 0 Å². The van der Waals surface area contributed by atoms with Crippen LogP contribution < -0.4 is 15.4 Å².